The predicted octanol–water partition coefficient (Wildman–Crippen LogP) is 3.63. The van der Waals surface area contributed by atoms with Crippen LogP contribution in [-0.2, 0) is 22.5 Å². The summed E-state index contributed by atoms with van der Waals surface area (Å²) >= 11 is 1.46. The highest BCUT2D eigenvalue weighted by Crippen LogP contribution is 2.40. The largest absolute Gasteiger partial charge is 0.376 e. The van der Waals surface area contributed by atoms with E-state index in [1.54, 1.807) is 0 Å². The summed E-state index contributed by atoms with van der Waals surface area (Å²) in [4.78, 5) is 12.4. The molecule has 1 saturated carbocycles. The number of thioether (sulfide) groups is 1. The maximum Gasteiger partial charge on any atom is 0.234 e. The van der Waals surface area contributed by atoms with Crippen LogP contribution in [0, 0.1) is 0 Å². The van der Waals surface area contributed by atoms with Crippen LogP contribution in [0.2, 0.25) is 0 Å². The predicted molar refractivity (Wildman–Crippen MR) is 106 cm³/mol. The van der Waals surface area contributed by atoms with Crippen LogP contribution in [0.25, 0.3) is 0 Å². The van der Waals surface area contributed by atoms with Crippen LogP contribution < -0.4 is 5.32 Å². The lowest BCUT2D eigenvalue weighted by atomic mass is 10.1. The first kappa shape index (κ1) is 18.5. The van der Waals surface area contributed by atoms with Gasteiger partial charge < -0.3 is 14.6 Å². The third-order valence-electron chi connectivity index (χ3n) is 5.10. The fourth-order valence-corrected chi connectivity index (χ4v) is 4.24. The number of amides is 1. The number of carbonyl (C=O) groups is 1. The Bertz CT molecular complexity index is 797. The van der Waals surface area contributed by atoms with Gasteiger partial charge in [-0.2, -0.15) is 0 Å². The lowest BCUT2D eigenvalue weighted by Gasteiger charge is -2.14. The second kappa shape index (κ2) is 8.44. The van der Waals surface area contributed by atoms with Gasteiger partial charge in [0.2, 0.25) is 5.91 Å². The van der Waals surface area contributed by atoms with Crippen molar-refractivity contribution in [2.24, 2.45) is 0 Å². The van der Waals surface area contributed by atoms with Crippen LogP contribution in [0.15, 0.2) is 29.4 Å². The molecule has 0 spiro atoms. The normalized spacial score (nSPS) is 19.4. The quantitative estimate of drug-likeness (QED) is 0.702. The van der Waals surface area contributed by atoms with Crippen LogP contribution in [0.1, 0.15) is 49.9 Å². The van der Waals surface area contributed by atoms with Crippen LogP contribution in [-0.4, -0.2) is 39.1 Å². The van der Waals surface area contributed by atoms with Crippen molar-refractivity contribution in [3.05, 3.63) is 35.7 Å². The van der Waals surface area contributed by atoms with E-state index in [-0.39, 0.29) is 12.0 Å². The van der Waals surface area contributed by atoms with Crippen LogP contribution in [0.3, 0.4) is 0 Å². The molecule has 1 atom stereocenters. The molecule has 6 nitrogen and oxygen atoms in total. The number of aryl methyl sites for hydroxylation is 1. The van der Waals surface area contributed by atoms with E-state index >= 15 is 0 Å². The van der Waals surface area contributed by atoms with Gasteiger partial charge in [-0.05, 0) is 43.7 Å². The molecule has 2 aliphatic rings. The van der Waals surface area contributed by atoms with Gasteiger partial charge in [0.1, 0.15) is 5.82 Å². The Balaban J connectivity index is 1.40. The number of hydrogen-bond acceptors (Lipinski definition) is 5. The minimum absolute atomic E-state index is 0.0134. The molecule has 2 aromatic rings. The Labute approximate surface area is 164 Å². The fourth-order valence-electron chi connectivity index (χ4n) is 3.48. The molecule has 1 aromatic heterocycles. The first-order chi connectivity index (χ1) is 13.2. The number of para-hydroxylation sites is 1. The van der Waals surface area contributed by atoms with E-state index in [1.807, 2.05) is 24.3 Å². The van der Waals surface area contributed by atoms with Gasteiger partial charge in [0.15, 0.2) is 5.16 Å². The highest BCUT2D eigenvalue weighted by atomic mass is 32.2. The topological polar surface area (TPSA) is 69.0 Å². The zero-order chi connectivity index (χ0) is 18.6. The van der Waals surface area contributed by atoms with Crippen molar-refractivity contribution in [2.75, 3.05) is 17.7 Å². The van der Waals surface area contributed by atoms with Gasteiger partial charge in [0.05, 0.1) is 18.4 Å². The maximum atomic E-state index is 12.4. The molecule has 1 aliphatic carbocycles. The molecule has 0 bridgehead atoms. The van der Waals surface area contributed by atoms with Crippen molar-refractivity contribution in [2.45, 2.75) is 62.8 Å². The van der Waals surface area contributed by atoms with Crippen molar-refractivity contribution in [3.63, 3.8) is 0 Å². The van der Waals surface area contributed by atoms with Crippen molar-refractivity contribution in [1.29, 1.82) is 0 Å². The zero-order valence-corrected chi connectivity index (χ0v) is 16.5. The highest BCUT2D eigenvalue weighted by molar-refractivity contribution is 7.99. The van der Waals surface area contributed by atoms with Gasteiger partial charge in [-0.1, -0.05) is 36.9 Å². The molecular formula is C20H26N4O2S. The number of carbonyl (C=O) groups excluding carboxylic acids is 1. The van der Waals surface area contributed by atoms with Crippen LogP contribution in [0.4, 0.5) is 5.69 Å². The molecule has 1 saturated heterocycles. The molecule has 4 rings (SSSR count). The van der Waals surface area contributed by atoms with E-state index in [2.05, 4.69) is 27.0 Å². The third kappa shape index (κ3) is 4.52. The van der Waals surface area contributed by atoms with Crippen LogP contribution in [0.5, 0.6) is 0 Å². The average Bonchev–Trinajstić information content (AvgIpc) is 3.24. The number of nitrogens with one attached hydrogen (secondary N) is 1. The van der Waals surface area contributed by atoms with Gasteiger partial charge >= 0.3 is 0 Å². The first-order valence-electron chi connectivity index (χ1n) is 9.80. The molecule has 7 heteroatoms. The van der Waals surface area contributed by atoms with Gasteiger partial charge in [0.25, 0.3) is 0 Å². The second-order valence-corrected chi connectivity index (χ2v) is 8.15. The van der Waals surface area contributed by atoms with Gasteiger partial charge in [-0.25, -0.2) is 0 Å². The van der Waals surface area contributed by atoms with E-state index in [1.165, 1.54) is 24.6 Å². The minimum atomic E-state index is -0.0134. The zero-order valence-electron chi connectivity index (χ0n) is 15.7. The number of aromatic nitrogens is 3. The van der Waals surface area contributed by atoms with Crippen molar-refractivity contribution < 1.29 is 9.53 Å². The third-order valence-corrected chi connectivity index (χ3v) is 6.07. The smallest absolute Gasteiger partial charge is 0.234 e. The SMILES string of the molecule is CCc1ccccc1NC(=O)CSc1nnc(C2CC2)n1C[C@@H]1CCCO1. The van der Waals surface area contributed by atoms with Crippen LogP contribution >= 0.6 is 11.8 Å². The summed E-state index contributed by atoms with van der Waals surface area (Å²) in [5, 5.41) is 12.6. The summed E-state index contributed by atoms with van der Waals surface area (Å²) in [6, 6.07) is 7.94. The van der Waals surface area contributed by atoms with E-state index in [9.17, 15) is 4.79 Å². The first-order valence-corrected chi connectivity index (χ1v) is 10.8. The molecule has 27 heavy (non-hydrogen) atoms. The van der Waals surface area contributed by atoms with E-state index < -0.39 is 0 Å². The molecule has 1 N–H and O–H groups in total. The number of rotatable bonds is 8. The van der Waals surface area contributed by atoms with Crippen molar-refractivity contribution in [3.8, 4) is 0 Å². The summed E-state index contributed by atoms with van der Waals surface area (Å²) < 4.78 is 7.99. The maximum absolute atomic E-state index is 12.4. The number of anilines is 1. The van der Waals surface area contributed by atoms with E-state index in [0.29, 0.717) is 11.7 Å². The number of nitrogens with zero attached hydrogens (tertiary/aromatic N) is 3. The van der Waals surface area contributed by atoms with Crippen molar-refractivity contribution >= 4 is 23.4 Å². The Morgan fingerprint density at radius 3 is 2.89 bits per heavy atom. The summed E-state index contributed by atoms with van der Waals surface area (Å²) in [6.07, 6.45) is 5.70. The number of hydrogen-bond donors (Lipinski definition) is 1. The molecule has 144 valence electrons. The Morgan fingerprint density at radius 2 is 2.15 bits per heavy atom. The summed E-state index contributed by atoms with van der Waals surface area (Å²) in [5.41, 5.74) is 2.04. The van der Waals surface area contributed by atoms with Gasteiger partial charge in [-0.3, -0.25) is 4.79 Å². The minimum Gasteiger partial charge on any atom is -0.376 e. The second-order valence-electron chi connectivity index (χ2n) is 7.21. The highest BCUT2D eigenvalue weighted by Gasteiger charge is 2.32. The lowest BCUT2D eigenvalue weighted by Crippen LogP contribution is -2.19. The van der Waals surface area contributed by atoms with Gasteiger partial charge in [-0.15, -0.1) is 10.2 Å². The Hall–Kier alpha value is -1.86. The van der Waals surface area contributed by atoms with Gasteiger partial charge in [0, 0.05) is 18.2 Å². The number of benzene rings is 1. The Kier molecular flexibility index (Phi) is 5.78. The Morgan fingerprint density at radius 1 is 1.30 bits per heavy atom. The molecule has 0 unspecified atom stereocenters. The lowest BCUT2D eigenvalue weighted by molar-refractivity contribution is -0.113. The molecule has 1 aromatic carbocycles. The summed E-state index contributed by atoms with van der Waals surface area (Å²) in [5.74, 6) is 1.90. The van der Waals surface area contributed by atoms with E-state index in [0.717, 1.165) is 54.6 Å². The summed E-state index contributed by atoms with van der Waals surface area (Å²) in [7, 11) is 0. The molecule has 1 amide bonds. The molecule has 2 heterocycles. The average molecular weight is 387 g/mol. The fraction of sp³-hybridized carbons (Fsp3) is 0.550. The molecular weight excluding hydrogens is 360 g/mol. The van der Waals surface area contributed by atoms with E-state index in [4.69, 9.17) is 4.74 Å². The standard InChI is InChI=1S/C20H26N4O2S/c1-2-14-6-3-4-8-17(14)21-18(25)13-27-20-23-22-19(15-9-10-15)24(20)12-16-7-5-11-26-16/h3-4,6,8,15-16H,2,5,7,9-13H2,1H3,(H,21,25)/t16-/m0/s1. The summed E-state index contributed by atoms with van der Waals surface area (Å²) in [6.45, 7) is 3.72. The van der Waals surface area contributed by atoms with Crippen molar-refractivity contribution in [1.82, 2.24) is 14.8 Å². The molecule has 1 aliphatic heterocycles. The molecule has 2 fully saturated rings. The number of ether oxygens (including phenoxy) is 1. The monoisotopic (exact) mass is 386 g/mol. The molecule has 0 radical (unpaired) electrons.